The molecule has 0 aromatic carbocycles. The summed E-state index contributed by atoms with van der Waals surface area (Å²) in [5.74, 6) is -0.124. The molecule has 0 saturated heterocycles. The first kappa shape index (κ1) is 15.0. The number of hydrogen-bond donors (Lipinski definition) is 2. The van der Waals surface area contributed by atoms with E-state index in [-0.39, 0.29) is 5.91 Å². The van der Waals surface area contributed by atoms with Crippen molar-refractivity contribution < 1.29 is 9.53 Å². The lowest BCUT2D eigenvalue weighted by Crippen LogP contribution is -2.29. The maximum absolute atomic E-state index is 11.6. The van der Waals surface area contributed by atoms with E-state index in [0.717, 1.165) is 26.1 Å². The Hall–Kier alpha value is -1.04. The molecule has 1 heterocycles. The van der Waals surface area contributed by atoms with Crippen LogP contribution in [0.5, 0.6) is 0 Å². The van der Waals surface area contributed by atoms with Crippen LogP contribution in [0.4, 0.5) is 0 Å². The smallest absolute Gasteiger partial charge is 0.267 e. The molecule has 2 N–H and O–H groups in total. The molecule has 102 valence electrons. The fraction of sp³-hybridized carbons (Fsp3) is 0.583. The predicted octanol–water partition coefficient (Wildman–Crippen LogP) is 1.37. The summed E-state index contributed by atoms with van der Waals surface area (Å²) >= 11 is 5.73. The lowest BCUT2D eigenvalue weighted by molar-refractivity contribution is 0.0946. The van der Waals surface area contributed by atoms with Crippen molar-refractivity contribution in [1.29, 1.82) is 0 Å². The standard InChI is InChI=1S/C12H20ClN3O2/c1-16(6-7-18-2)5-3-4-14-12(17)11-8-10(13)9-15-11/h8-9,15H,3-7H2,1-2H3,(H,14,17). The molecule has 5 nitrogen and oxygen atoms in total. The van der Waals surface area contributed by atoms with Crippen LogP contribution in [0.15, 0.2) is 12.3 Å². The molecule has 0 bridgehead atoms. The molecule has 1 rings (SSSR count). The first-order valence-corrected chi connectivity index (χ1v) is 6.31. The zero-order valence-electron chi connectivity index (χ0n) is 10.8. The third kappa shape index (κ3) is 5.53. The highest BCUT2D eigenvalue weighted by Crippen LogP contribution is 2.08. The summed E-state index contributed by atoms with van der Waals surface area (Å²) in [5.41, 5.74) is 0.493. The zero-order valence-corrected chi connectivity index (χ0v) is 11.6. The van der Waals surface area contributed by atoms with Gasteiger partial charge in [0.1, 0.15) is 5.69 Å². The number of nitrogens with zero attached hydrogens (tertiary/aromatic N) is 1. The number of rotatable bonds is 8. The number of methoxy groups -OCH3 is 1. The van der Waals surface area contributed by atoms with E-state index in [4.69, 9.17) is 16.3 Å². The summed E-state index contributed by atoms with van der Waals surface area (Å²) < 4.78 is 4.99. The van der Waals surface area contributed by atoms with Gasteiger partial charge < -0.3 is 19.9 Å². The second-order valence-corrected chi connectivity index (χ2v) is 4.57. The van der Waals surface area contributed by atoms with E-state index in [1.54, 1.807) is 19.4 Å². The van der Waals surface area contributed by atoms with Gasteiger partial charge in [0.25, 0.3) is 5.91 Å². The predicted molar refractivity (Wildman–Crippen MR) is 72.1 cm³/mol. The van der Waals surface area contributed by atoms with Gasteiger partial charge in [-0.05, 0) is 26.1 Å². The molecule has 0 saturated carbocycles. The second-order valence-electron chi connectivity index (χ2n) is 4.14. The van der Waals surface area contributed by atoms with Gasteiger partial charge in [-0.1, -0.05) is 11.6 Å². The van der Waals surface area contributed by atoms with Gasteiger partial charge in [-0.15, -0.1) is 0 Å². The van der Waals surface area contributed by atoms with E-state index in [1.807, 2.05) is 7.05 Å². The molecule has 6 heteroatoms. The van der Waals surface area contributed by atoms with Gasteiger partial charge in [0.2, 0.25) is 0 Å². The normalized spacial score (nSPS) is 10.9. The van der Waals surface area contributed by atoms with Gasteiger partial charge in [0.15, 0.2) is 0 Å². The number of amides is 1. The zero-order chi connectivity index (χ0) is 13.4. The minimum absolute atomic E-state index is 0.124. The van der Waals surface area contributed by atoms with Crippen molar-refractivity contribution >= 4 is 17.5 Å². The Morgan fingerprint density at radius 2 is 2.33 bits per heavy atom. The number of nitrogens with one attached hydrogen (secondary N) is 2. The van der Waals surface area contributed by atoms with Gasteiger partial charge in [-0.25, -0.2) is 0 Å². The van der Waals surface area contributed by atoms with Crippen LogP contribution in [0, 0.1) is 0 Å². The summed E-state index contributed by atoms with van der Waals surface area (Å²) in [6, 6.07) is 1.61. The number of likely N-dealkylation sites (N-methyl/N-ethyl adjacent to an activating group) is 1. The van der Waals surface area contributed by atoms with E-state index in [0.29, 0.717) is 17.3 Å². The molecular weight excluding hydrogens is 254 g/mol. The molecule has 0 atom stereocenters. The molecule has 0 unspecified atom stereocenters. The lowest BCUT2D eigenvalue weighted by atomic mass is 10.3. The van der Waals surface area contributed by atoms with Crippen molar-refractivity contribution in [2.45, 2.75) is 6.42 Å². The molecule has 18 heavy (non-hydrogen) atoms. The van der Waals surface area contributed by atoms with Gasteiger partial charge in [0, 0.05) is 26.4 Å². The molecule has 1 amide bonds. The highest BCUT2D eigenvalue weighted by Gasteiger charge is 2.06. The molecule has 1 aromatic heterocycles. The van der Waals surface area contributed by atoms with Crippen molar-refractivity contribution in [3.63, 3.8) is 0 Å². The van der Waals surface area contributed by atoms with E-state index in [9.17, 15) is 4.79 Å². The molecule has 0 fully saturated rings. The largest absolute Gasteiger partial charge is 0.383 e. The summed E-state index contributed by atoms with van der Waals surface area (Å²) in [7, 11) is 3.72. The fourth-order valence-corrected chi connectivity index (χ4v) is 1.67. The molecule has 0 aliphatic heterocycles. The average Bonchev–Trinajstić information content (AvgIpc) is 2.78. The third-order valence-electron chi connectivity index (χ3n) is 2.57. The first-order valence-electron chi connectivity index (χ1n) is 5.93. The van der Waals surface area contributed by atoms with Crippen LogP contribution in [0.1, 0.15) is 16.9 Å². The van der Waals surface area contributed by atoms with E-state index < -0.39 is 0 Å². The van der Waals surface area contributed by atoms with Crippen LogP contribution in [-0.4, -0.2) is 56.2 Å². The Morgan fingerprint density at radius 3 is 2.94 bits per heavy atom. The molecule has 0 radical (unpaired) electrons. The van der Waals surface area contributed by atoms with Crippen molar-refractivity contribution in [3.8, 4) is 0 Å². The van der Waals surface area contributed by atoms with Crippen LogP contribution in [0.25, 0.3) is 0 Å². The SMILES string of the molecule is COCCN(C)CCCNC(=O)c1cc(Cl)c[nH]1. The Balaban J connectivity index is 2.12. The molecule has 0 aliphatic carbocycles. The Bertz CT molecular complexity index is 368. The molecule has 0 spiro atoms. The second kappa shape index (κ2) is 8.13. The summed E-state index contributed by atoms with van der Waals surface area (Å²) in [6.45, 7) is 3.20. The van der Waals surface area contributed by atoms with Crippen LogP contribution in [-0.2, 0) is 4.74 Å². The fourth-order valence-electron chi connectivity index (χ4n) is 1.50. The third-order valence-corrected chi connectivity index (χ3v) is 2.79. The Labute approximate surface area is 112 Å². The maximum Gasteiger partial charge on any atom is 0.267 e. The first-order chi connectivity index (χ1) is 8.63. The van der Waals surface area contributed by atoms with E-state index in [2.05, 4.69) is 15.2 Å². The van der Waals surface area contributed by atoms with Crippen LogP contribution in [0.3, 0.4) is 0 Å². The number of aromatic amines is 1. The highest BCUT2D eigenvalue weighted by molar-refractivity contribution is 6.30. The number of ether oxygens (including phenoxy) is 1. The number of carbonyl (C=O) groups excluding carboxylic acids is 1. The van der Waals surface area contributed by atoms with Crippen LogP contribution in [0.2, 0.25) is 5.02 Å². The van der Waals surface area contributed by atoms with Crippen molar-refractivity contribution in [3.05, 3.63) is 23.0 Å². The number of hydrogen-bond acceptors (Lipinski definition) is 3. The topological polar surface area (TPSA) is 57.4 Å². The number of aromatic nitrogens is 1. The molecule has 0 aliphatic rings. The summed E-state index contributed by atoms with van der Waals surface area (Å²) in [5, 5.41) is 3.38. The van der Waals surface area contributed by atoms with Gasteiger partial charge >= 0.3 is 0 Å². The molecule has 1 aromatic rings. The van der Waals surface area contributed by atoms with Gasteiger partial charge in [0.05, 0.1) is 11.6 Å². The van der Waals surface area contributed by atoms with Crippen LogP contribution < -0.4 is 5.32 Å². The maximum atomic E-state index is 11.6. The monoisotopic (exact) mass is 273 g/mol. The number of carbonyl (C=O) groups is 1. The Kier molecular flexibility index (Phi) is 6.78. The summed E-state index contributed by atoms with van der Waals surface area (Å²) in [4.78, 5) is 16.6. The number of H-pyrrole nitrogens is 1. The number of halogens is 1. The summed E-state index contributed by atoms with van der Waals surface area (Å²) in [6.07, 6.45) is 2.50. The average molecular weight is 274 g/mol. The van der Waals surface area contributed by atoms with E-state index >= 15 is 0 Å². The van der Waals surface area contributed by atoms with Gasteiger partial charge in [-0.2, -0.15) is 0 Å². The van der Waals surface area contributed by atoms with Crippen molar-refractivity contribution in [2.75, 3.05) is 40.4 Å². The minimum atomic E-state index is -0.124. The Morgan fingerprint density at radius 1 is 1.56 bits per heavy atom. The van der Waals surface area contributed by atoms with Crippen molar-refractivity contribution in [2.24, 2.45) is 0 Å². The van der Waals surface area contributed by atoms with Crippen LogP contribution >= 0.6 is 11.6 Å². The molecular formula is C12H20ClN3O2. The lowest BCUT2D eigenvalue weighted by Gasteiger charge is -2.15. The quantitative estimate of drug-likeness (QED) is 0.704. The van der Waals surface area contributed by atoms with E-state index in [1.165, 1.54) is 0 Å². The van der Waals surface area contributed by atoms with Gasteiger partial charge in [-0.3, -0.25) is 4.79 Å². The highest BCUT2D eigenvalue weighted by atomic mass is 35.5. The minimum Gasteiger partial charge on any atom is -0.383 e. The van der Waals surface area contributed by atoms with Crippen molar-refractivity contribution in [1.82, 2.24) is 15.2 Å².